The van der Waals surface area contributed by atoms with Gasteiger partial charge in [0, 0.05) is 0 Å². The van der Waals surface area contributed by atoms with Gasteiger partial charge in [-0.3, -0.25) is 4.79 Å². The Morgan fingerprint density at radius 2 is 1.48 bits per heavy atom. The van der Waals surface area contributed by atoms with E-state index in [1.54, 1.807) is 0 Å². The predicted molar refractivity (Wildman–Crippen MR) is 115 cm³/mol. The molecule has 6 aliphatic carbocycles. The highest BCUT2D eigenvalue weighted by atomic mass is 16.4. The number of aliphatic carboxylic acids is 1. The summed E-state index contributed by atoms with van der Waals surface area (Å²) in [6, 6.07) is 0. The minimum Gasteiger partial charge on any atom is -0.481 e. The lowest BCUT2D eigenvalue weighted by Crippen LogP contribution is -2.55. The molecule has 2 heteroatoms. The second-order valence-electron chi connectivity index (χ2n) is 12.2. The number of allylic oxidation sites excluding steroid dienone is 2. The molecular formula is C27H40O2. The molecule has 0 spiro atoms. The van der Waals surface area contributed by atoms with Gasteiger partial charge in [0.25, 0.3) is 0 Å². The summed E-state index contributed by atoms with van der Waals surface area (Å²) in [6.45, 7) is 2.72. The zero-order chi connectivity index (χ0) is 19.8. The standard InChI is InChI=1S/C27H40O2/c1-26(19-8-4-2-5-9-19,20-10-6-3-7-11-20)27-15-21(22(16-27)25(28)29)23-17-12-13-18(14-17)24(23)27/h12-13,17-24H,2-11,14-16H2,1H3,(H,28,29). The maximum atomic E-state index is 12.4. The Morgan fingerprint density at radius 1 is 0.897 bits per heavy atom. The number of carbonyl (C=O) groups is 1. The number of hydrogen-bond acceptors (Lipinski definition) is 1. The molecule has 5 saturated carbocycles. The maximum Gasteiger partial charge on any atom is 0.306 e. The van der Waals surface area contributed by atoms with Crippen molar-refractivity contribution in [3.05, 3.63) is 12.2 Å². The van der Waals surface area contributed by atoms with Crippen LogP contribution in [0, 0.1) is 58.2 Å². The summed E-state index contributed by atoms with van der Waals surface area (Å²) in [6.07, 6.45) is 22.8. The van der Waals surface area contributed by atoms with Gasteiger partial charge in [0.05, 0.1) is 5.92 Å². The van der Waals surface area contributed by atoms with Crippen molar-refractivity contribution in [2.45, 2.75) is 90.4 Å². The average Bonchev–Trinajstić information content (AvgIpc) is 3.53. The minimum absolute atomic E-state index is 0.0597. The Bertz CT molecular complexity index is 679. The molecule has 6 rings (SSSR count). The van der Waals surface area contributed by atoms with Crippen molar-refractivity contribution in [2.24, 2.45) is 58.2 Å². The molecule has 0 aromatic heterocycles. The van der Waals surface area contributed by atoms with E-state index in [0.717, 1.165) is 30.1 Å². The van der Waals surface area contributed by atoms with Gasteiger partial charge in [0.1, 0.15) is 0 Å². The first-order valence-electron chi connectivity index (χ1n) is 13.0. The highest BCUT2D eigenvalue weighted by molar-refractivity contribution is 5.71. The van der Waals surface area contributed by atoms with E-state index in [1.807, 2.05) is 0 Å². The molecule has 29 heavy (non-hydrogen) atoms. The Labute approximate surface area is 176 Å². The fourth-order valence-electron chi connectivity index (χ4n) is 10.7. The van der Waals surface area contributed by atoms with Crippen LogP contribution < -0.4 is 0 Å². The van der Waals surface area contributed by atoms with E-state index in [1.165, 1.54) is 77.0 Å². The molecule has 0 aromatic carbocycles. The third-order valence-corrected chi connectivity index (χ3v) is 11.7. The van der Waals surface area contributed by atoms with E-state index in [-0.39, 0.29) is 5.92 Å². The van der Waals surface area contributed by atoms with Gasteiger partial charge in [-0.25, -0.2) is 0 Å². The first-order valence-corrected chi connectivity index (χ1v) is 13.0. The van der Waals surface area contributed by atoms with Gasteiger partial charge < -0.3 is 5.11 Å². The van der Waals surface area contributed by atoms with Gasteiger partial charge >= 0.3 is 5.97 Å². The maximum absolute atomic E-state index is 12.4. The third kappa shape index (κ3) is 2.38. The van der Waals surface area contributed by atoms with Crippen LogP contribution in [0.4, 0.5) is 0 Å². The zero-order valence-corrected chi connectivity index (χ0v) is 18.3. The number of carboxylic acids is 1. The summed E-state index contributed by atoms with van der Waals surface area (Å²) in [5.41, 5.74) is 0.674. The Morgan fingerprint density at radius 3 is 2.07 bits per heavy atom. The first kappa shape index (κ1) is 18.9. The van der Waals surface area contributed by atoms with E-state index in [4.69, 9.17) is 0 Å². The van der Waals surface area contributed by atoms with E-state index in [9.17, 15) is 9.90 Å². The van der Waals surface area contributed by atoms with Crippen LogP contribution in [-0.4, -0.2) is 11.1 Å². The van der Waals surface area contributed by atoms with Gasteiger partial charge in [-0.2, -0.15) is 0 Å². The van der Waals surface area contributed by atoms with Crippen LogP contribution in [-0.2, 0) is 4.79 Å². The second kappa shape index (κ2) is 6.60. The van der Waals surface area contributed by atoms with Gasteiger partial charge in [-0.1, -0.05) is 57.6 Å². The highest BCUT2D eigenvalue weighted by Crippen LogP contribution is 2.79. The third-order valence-electron chi connectivity index (χ3n) is 11.7. The number of carboxylic acid groups (broad SMARTS) is 1. The van der Waals surface area contributed by atoms with Crippen LogP contribution in [0.25, 0.3) is 0 Å². The van der Waals surface area contributed by atoms with E-state index < -0.39 is 5.97 Å². The summed E-state index contributed by atoms with van der Waals surface area (Å²) in [7, 11) is 0. The number of fused-ring (bicyclic) bond motifs is 9. The van der Waals surface area contributed by atoms with Crippen molar-refractivity contribution < 1.29 is 9.90 Å². The topological polar surface area (TPSA) is 37.3 Å². The molecule has 0 aliphatic heterocycles. The lowest BCUT2D eigenvalue weighted by Gasteiger charge is -2.61. The molecule has 4 bridgehead atoms. The molecule has 0 radical (unpaired) electrons. The quantitative estimate of drug-likeness (QED) is 0.424. The van der Waals surface area contributed by atoms with Crippen molar-refractivity contribution in [3.8, 4) is 0 Å². The predicted octanol–water partition coefficient (Wildman–Crippen LogP) is 6.70. The fourth-order valence-corrected chi connectivity index (χ4v) is 10.7. The van der Waals surface area contributed by atoms with Crippen molar-refractivity contribution in [1.29, 1.82) is 0 Å². The molecule has 0 aromatic rings. The van der Waals surface area contributed by atoms with Crippen LogP contribution in [0.5, 0.6) is 0 Å². The summed E-state index contributed by atoms with van der Waals surface area (Å²) < 4.78 is 0. The molecule has 2 nitrogen and oxygen atoms in total. The Kier molecular flexibility index (Phi) is 4.31. The molecule has 5 fully saturated rings. The van der Waals surface area contributed by atoms with Crippen molar-refractivity contribution in [3.63, 3.8) is 0 Å². The smallest absolute Gasteiger partial charge is 0.306 e. The van der Waals surface area contributed by atoms with Gasteiger partial charge in [-0.15, -0.1) is 0 Å². The van der Waals surface area contributed by atoms with Crippen LogP contribution in [0.1, 0.15) is 90.4 Å². The molecule has 6 aliphatic rings. The van der Waals surface area contributed by atoms with E-state index in [2.05, 4.69) is 19.1 Å². The van der Waals surface area contributed by atoms with Crippen molar-refractivity contribution >= 4 is 5.97 Å². The van der Waals surface area contributed by atoms with Gasteiger partial charge in [0.2, 0.25) is 0 Å². The minimum atomic E-state index is -0.475. The SMILES string of the molecule is CC(C1CCCCC1)(C1CCCCC1)C12CC(C(=O)O)C(C1)C1C3C=CC(C3)C12. The summed E-state index contributed by atoms with van der Waals surface area (Å²) in [5, 5.41) is 10.2. The molecule has 0 heterocycles. The molecule has 1 N–H and O–H groups in total. The zero-order valence-electron chi connectivity index (χ0n) is 18.3. The molecule has 0 amide bonds. The van der Waals surface area contributed by atoms with Gasteiger partial charge in [0.15, 0.2) is 0 Å². The summed E-state index contributed by atoms with van der Waals surface area (Å²) in [5.74, 6) is 4.55. The molecular weight excluding hydrogens is 356 g/mol. The lowest BCUT2D eigenvalue weighted by atomic mass is 9.43. The fraction of sp³-hybridized carbons (Fsp3) is 0.889. The van der Waals surface area contributed by atoms with Crippen molar-refractivity contribution in [2.75, 3.05) is 0 Å². The van der Waals surface area contributed by atoms with Crippen molar-refractivity contribution in [1.82, 2.24) is 0 Å². The molecule has 7 atom stereocenters. The van der Waals surface area contributed by atoms with Gasteiger partial charge in [-0.05, 0) is 97.2 Å². The normalized spacial score (nSPS) is 47.1. The number of rotatable bonds is 4. The summed E-state index contributed by atoms with van der Waals surface area (Å²) >= 11 is 0. The lowest BCUT2D eigenvalue weighted by molar-refractivity contribution is -0.153. The average molecular weight is 397 g/mol. The van der Waals surface area contributed by atoms with Crippen LogP contribution in [0.3, 0.4) is 0 Å². The molecule has 0 saturated heterocycles. The molecule has 160 valence electrons. The first-order chi connectivity index (χ1) is 14.1. The summed E-state index contributed by atoms with van der Waals surface area (Å²) in [4.78, 5) is 12.4. The Balaban J connectivity index is 1.47. The Hall–Kier alpha value is -0.790. The largest absolute Gasteiger partial charge is 0.481 e. The monoisotopic (exact) mass is 396 g/mol. The van der Waals surface area contributed by atoms with Crippen LogP contribution >= 0.6 is 0 Å². The van der Waals surface area contributed by atoms with Crippen LogP contribution in [0.2, 0.25) is 0 Å². The number of hydrogen-bond donors (Lipinski definition) is 1. The molecule has 7 unspecified atom stereocenters. The second-order valence-corrected chi connectivity index (χ2v) is 12.2. The highest BCUT2D eigenvalue weighted by Gasteiger charge is 2.74. The van der Waals surface area contributed by atoms with E-state index in [0.29, 0.717) is 28.6 Å². The van der Waals surface area contributed by atoms with Crippen LogP contribution in [0.15, 0.2) is 12.2 Å². The van der Waals surface area contributed by atoms with E-state index >= 15 is 0 Å².